The third-order valence-electron chi connectivity index (χ3n) is 13.5. The first kappa shape index (κ1) is 70.8. The third-order valence-corrected chi connectivity index (χ3v) is 13.5. The SMILES string of the molecule is CCCCCCC[C@@H](O)CC(=O)N[C@H](CCN)C(=O)N[C@H]1CCNC(=O)[C@H](CC(C)C)NC(=O)[C@H](CCN)NC(=O)[C@H](CCN)NC(=O)[C@@H](Cc2ccccc2)NC(=O)[C@H](CC(C)C)NC(=O)[C@H](CCN)NC(=O)[C@@H](CCN)NC1=O. The Kier molecular flexibility index (Phi) is 34.2. The van der Waals surface area contributed by atoms with Crippen LogP contribution in [0.5, 0.6) is 0 Å². The van der Waals surface area contributed by atoms with Crippen LogP contribution in [0.4, 0.5) is 0 Å². The maximum Gasteiger partial charge on any atom is 0.243 e. The van der Waals surface area contributed by atoms with E-state index in [2.05, 4.69) is 60.1 Å². The number of amides is 10. The van der Waals surface area contributed by atoms with Crippen molar-refractivity contribution in [3.63, 3.8) is 0 Å². The average molecular weight is 1140 g/mol. The first-order valence-electron chi connectivity index (χ1n) is 28.8. The molecule has 10 amide bonds. The number of benzene rings is 1. The van der Waals surface area contributed by atoms with Crippen LogP contribution in [0.15, 0.2) is 30.3 Å². The highest BCUT2D eigenvalue weighted by Gasteiger charge is 2.36. The molecule has 1 fully saturated rings. The standard InChI is InChI=1S/C55H97N15O11/c1-6-7-8-9-13-16-36(71)32-46(72)62-37(17-23-56)48(74)67-42-22-28-61-47(73)43(29-33(2)3)68-51(77)40(20-26-59)63-50(76)39(19-25-58)66-55(81)45(31-35-14-11-10-12-15-35)70-54(80)44(30-34(4)5)69-52(78)41(21-27-60)64-49(75)38(18-24-57)65-53(42)79/h10-12,14-15,33-34,36-45,71H,6-9,13,16-32,56-60H2,1-5H3,(H,61,73)(H,62,72)(H,63,76)(H,64,75)(H,65,79)(H,66,81)(H,67,74)(H,68,77)(H,69,78)(H,70,80)/t36-,37-,38-,39+,40+,41+,42+,43+,44+,45-/m1/s1. The van der Waals surface area contributed by atoms with E-state index in [0.29, 0.717) is 18.4 Å². The fourth-order valence-corrected chi connectivity index (χ4v) is 9.11. The van der Waals surface area contributed by atoms with Crippen molar-refractivity contribution < 1.29 is 53.1 Å². The van der Waals surface area contributed by atoms with Gasteiger partial charge in [0.2, 0.25) is 59.1 Å². The molecule has 0 aliphatic carbocycles. The van der Waals surface area contributed by atoms with Crippen LogP contribution in [0.2, 0.25) is 0 Å². The molecule has 0 aromatic heterocycles. The van der Waals surface area contributed by atoms with Crippen LogP contribution in [-0.2, 0) is 54.4 Å². The Hall–Kier alpha value is -6.32. The van der Waals surface area contributed by atoms with Crippen molar-refractivity contribution >= 4 is 59.1 Å². The quantitative estimate of drug-likeness (QED) is 0.0392. The monoisotopic (exact) mass is 1140 g/mol. The van der Waals surface area contributed by atoms with Gasteiger partial charge in [-0.15, -0.1) is 0 Å². The van der Waals surface area contributed by atoms with E-state index >= 15 is 0 Å². The van der Waals surface area contributed by atoms with E-state index in [1.807, 2.05) is 27.7 Å². The number of aliphatic hydroxyl groups excluding tert-OH is 1. The van der Waals surface area contributed by atoms with Crippen molar-refractivity contribution in [1.82, 2.24) is 53.2 Å². The van der Waals surface area contributed by atoms with E-state index in [1.54, 1.807) is 30.3 Å². The summed E-state index contributed by atoms with van der Waals surface area (Å²) in [5.74, 6) is -8.30. The number of carbonyl (C=O) groups is 10. The van der Waals surface area contributed by atoms with Crippen LogP contribution in [0.25, 0.3) is 0 Å². The molecule has 1 heterocycles. The number of aliphatic hydroxyl groups is 1. The van der Waals surface area contributed by atoms with Crippen LogP contribution >= 0.6 is 0 Å². The molecule has 26 heteroatoms. The fraction of sp³-hybridized carbons (Fsp3) is 0.709. The summed E-state index contributed by atoms with van der Waals surface area (Å²) in [6, 6.07) is -3.31. The topological polar surface area (TPSA) is 441 Å². The molecule has 2 rings (SSSR count). The molecule has 1 aromatic rings. The molecule has 0 spiro atoms. The number of nitrogens with two attached hydrogens (primary N) is 5. The second-order valence-electron chi connectivity index (χ2n) is 21.6. The van der Waals surface area contributed by atoms with Gasteiger partial charge in [0, 0.05) is 13.0 Å². The van der Waals surface area contributed by atoms with Crippen molar-refractivity contribution in [1.29, 1.82) is 0 Å². The van der Waals surface area contributed by atoms with E-state index in [-0.39, 0.29) is 115 Å². The molecular weight excluding hydrogens is 1050 g/mol. The smallest absolute Gasteiger partial charge is 0.243 e. The summed E-state index contributed by atoms with van der Waals surface area (Å²) in [5, 5.41) is 37.3. The molecule has 0 radical (unpaired) electrons. The Morgan fingerprint density at radius 3 is 1.42 bits per heavy atom. The molecule has 1 aliphatic heterocycles. The van der Waals surface area contributed by atoms with Gasteiger partial charge in [-0.2, -0.15) is 0 Å². The minimum absolute atomic E-state index is 0.0604. The fourth-order valence-electron chi connectivity index (χ4n) is 9.11. The molecule has 458 valence electrons. The molecule has 1 aromatic carbocycles. The highest BCUT2D eigenvalue weighted by molar-refractivity contribution is 5.98. The van der Waals surface area contributed by atoms with Crippen LogP contribution in [-0.4, -0.2) is 164 Å². The number of hydrogen-bond donors (Lipinski definition) is 16. The highest BCUT2D eigenvalue weighted by atomic mass is 16.3. The summed E-state index contributed by atoms with van der Waals surface area (Å²) in [5.41, 5.74) is 30.3. The normalized spacial score (nSPS) is 23.4. The maximum atomic E-state index is 14.4. The predicted molar refractivity (Wildman–Crippen MR) is 306 cm³/mol. The average Bonchev–Trinajstić information content (AvgIpc) is 3.40. The summed E-state index contributed by atoms with van der Waals surface area (Å²) in [4.78, 5) is 141. The minimum Gasteiger partial charge on any atom is -0.393 e. The van der Waals surface area contributed by atoms with Gasteiger partial charge in [-0.1, -0.05) is 97.1 Å². The lowest BCUT2D eigenvalue weighted by atomic mass is 10.00. The zero-order valence-electron chi connectivity index (χ0n) is 48.3. The van der Waals surface area contributed by atoms with Gasteiger partial charge in [-0.3, -0.25) is 47.9 Å². The number of hydrogen-bond acceptors (Lipinski definition) is 16. The van der Waals surface area contributed by atoms with Crippen LogP contribution in [0, 0.1) is 11.8 Å². The largest absolute Gasteiger partial charge is 0.393 e. The van der Waals surface area contributed by atoms with Crippen molar-refractivity contribution in [3.05, 3.63) is 35.9 Å². The summed E-state index contributed by atoms with van der Waals surface area (Å²) >= 11 is 0. The van der Waals surface area contributed by atoms with E-state index in [9.17, 15) is 53.1 Å². The predicted octanol–water partition coefficient (Wildman–Crippen LogP) is -2.94. The van der Waals surface area contributed by atoms with Crippen LogP contribution in [0.1, 0.15) is 136 Å². The minimum atomic E-state index is -1.51. The molecule has 1 saturated heterocycles. The molecular formula is C55H97N15O11. The van der Waals surface area contributed by atoms with Gasteiger partial charge in [0.25, 0.3) is 0 Å². The lowest BCUT2D eigenvalue weighted by Crippen LogP contribution is -2.61. The summed E-state index contributed by atoms with van der Waals surface area (Å²) in [6.45, 7) is 8.53. The van der Waals surface area contributed by atoms with Gasteiger partial charge >= 0.3 is 0 Å². The molecule has 26 nitrogen and oxygen atoms in total. The zero-order chi connectivity index (χ0) is 60.4. The number of unbranched alkanes of at least 4 members (excludes halogenated alkanes) is 4. The van der Waals surface area contributed by atoms with E-state index in [0.717, 1.165) is 25.7 Å². The van der Waals surface area contributed by atoms with Gasteiger partial charge in [0.15, 0.2) is 0 Å². The Morgan fingerprint density at radius 2 is 0.963 bits per heavy atom. The van der Waals surface area contributed by atoms with E-state index in [4.69, 9.17) is 28.7 Å². The molecule has 81 heavy (non-hydrogen) atoms. The zero-order valence-corrected chi connectivity index (χ0v) is 48.3. The van der Waals surface area contributed by atoms with Gasteiger partial charge in [-0.25, -0.2) is 0 Å². The number of carbonyl (C=O) groups excluding carboxylic acids is 10. The van der Waals surface area contributed by atoms with Crippen LogP contribution in [0.3, 0.4) is 0 Å². The van der Waals surface area contributed by atoms with Gasteiger partial charge in [0.05, 0.1) is 12.5 Å². The van der Waals surface area contributed by atoms with Gasteiger partial charge in [0.1, 0.15) is 54.4 Å². The molecule has 0 bridgehead atoms. The van der Waals surface area contributed by atoms with Crippen LogP contribution < -0.4 is 81.8 Å². The Morgan fingerprint density at radius 1 is 0.543 bits per heavy atom. The Labute approximate surface area is 477 Å². The highest BCUT2D eigenvalue weighted by Crippen LogP contribution is 2.13. The molecule has 1 aliphatic rings. The van der Waals surface area contributed by atoms with Crippen molar-refractivity contribution in [2.45, 2.75) is 198 Å². The summed E-state index contributed by atoms with van der Waals surface area (Å²) in [7, 11) is 0. The first-order chi connectivity index (χ1) is 38.6. The van der Waals surface area contributed by atoms with E-state index < -0.39 is 120 Å². The Bertz CT molecular complexity index is 2140. The lowest BCUT2D eigenvalue weighted by Gasteiger charge is -2.29. The second-order valence-corrected chi connectivity index (χ2v) is 21.6. The molecule has 21 N–H and O–H groups in total. The maximum absolute atomic E-state index is 14.4. The summed E-state index contributed by atoms with van der Waals surface area (Å²) < 4.78 is 0. The number of nitrogens with one attached hydrogen (secondary N) is 10. The van der Waals surface area contributed by atoms with Gasteiger partial charge < -0.3 is 86.9 Å². The van der Waals surface area contributed by atoms with E-state index in [1.165, 1.54) is 0 Å². The Balaban J connectivity index is 2.73. The van der Waals surface area contributed by atoms with Gasteiger partial charge in [-0.05, 0) is 108 Å². The third kappa shape index (κ3) is 27.3. The van der Waals surface area contributed by atoms with Crippen molar-refractivity contribution in [2.75, 3.05) is 39.3 Å². The first-order valence-corrected chi connectivity index (χ1v) is 28.8. The molecule has 0 saturated carbocycles. The molecule has 0 unspecified atom stereocenters. The van der Waals surface area contributed by atoms with Crippen molar-refractivity contribution in [2.24, 2.45) is 40.5 Å². The molecule has 10 atom stereocenters. The lowest BCUT2D eigenvalue weighted by molar-refractivity contribution is -0.136. The second kappa shape index (κ2) is 39.2. The number of rotatable bonds is 27. The van der Waals surface area contributed by atoms with Crippen molar-refractivity contribution in [3.8, 4) is 0 Å². The summed E-state index contributed by atoms with van der Waals surface area (Å²) in [6.07, 6.45) is 3.05.